The fraction of sp³-hybridized carbons (Fsp3) is 0.357. The Kier molecular flexibility index (Phi) is 5.14. The minimum absolute atomic E-state index is 0.581. The Hall–Kier alpha value is -2.57. The number of hydrogen-bond acceptors (Lipinski definition) is 7. The lowest BCUT2D eigenvalue weighted by Gasteiger charge is -2.13. The van der Waals surface area contributed by atoms with E-state index in [4.69, 9.17) is 9.47 Å². The van der Waals surface area contributed by atoms with E-state index in [9.17, 15) is 0 Å². The van der Waals surface area contributed by atoms with Crippen molar-refractivity contribution in [3.8, 4) is 11.6 Å². The highest BCUT2D eigenvalue weighted by Gasteiger charge is 2.11. The number of nitrogens with zero attached hydrogens (tertiary/aromatic N) is 3. The zero-order chi connectivity index (χ0) is 15.1. The summed E-state index contributed by atoms with van der Waals surface area (Å²) in [6.07, 6.45) is 3.20. The van der Waals surface area contributed by atoms with Gasteiger partial charge >= 0.3 is 0 Å². The van der Waals surface area contributed by atoms with Gasteiger partial charge in [0.25, 0.3) is 0 Å². The lowest BCUT2D eigenvalue weighted by atomic mass is 10.2. The van der Waals surface area contributed by atoms with Gasteiger partial charge in [-0.15, -0.1) is 0 Å². The van der Waals surface area contributed by atoms with Crippen LogP contribution in [0.15, 0.2) is 24.7 Å². The molecule has 0 saturated carbocycles. The van der Waals surface area contributed by atoms with Crippen molar-refractivity contribution < 1.29 is 9.47 Å². The van der Waals surface area contributed by atoms with Gasteiger partial charge in [-0.25, -0.2) is 15.0 Å². The number of pyridine rings is 1. The molecule has 0 spiro atoms. The quantitative estimate of drug-likeness (QED) is 0.806. The molecule has 2 aromatic heterocycles. The molecule has 0 fully saturated rings. The fourth-order valence-corrected chi connectivity index (χ4v) is 1.84. The molecular formula is C14H19N5O2. The number of rotatable bonds is 7. The predicted molar refractivity (Wildman–Crippen MR) is 80.9 cm³/mol. The van der Waals surface area contributed by atoms with Crippen molar-refractivity contribution in [1.82, 2.24) is 15.0 Å². The second-order valence-corrected chi connectivity index (χ2v) is 4.19. The summed E-state index contributed by atoms with van der Waals surface area (Å²) in [5, 5.41) is 6.37. The van der Waals surface area contributed by atoms with Crippen LogP contribution in [-0.2, 0) is 6.54 Å². The Morgan fingerprint density at radius 3 is 2.48 bits per heavy atom. The smallest absolute Gasteiger partial charge is 0.213 e. The van der Waals surface area contributed by atoms with Crippen molar-refractivity contribution in [2.45, 2.75) is 13.5 Å². The van der Waals surface area contributed by atoms with Crippen molar-refractivity contribution in [3.05, 3.63) is 30.2 Å². The molecule has 2 rings (SSSR count). The molecule has 21 heavy (non-hydrogen) atoms. The van der Waals surface area contributed by atoms with E-state index >= 15 is 0 Å². The van der Waals surface area contributed by atoms with Crippen LogP contribution in [0.25, 0.3) is 0 Å². The first-order valence-electron chi connectivity index (χ1n) is 6.64. The van der Waals surface area contributed by atoms with Crippen LogP contribution in [0.3, 0.4) is 0 Å². The lowest BCUT2D eigenvalue weighted by molar-refractivity contribution is 0.397. The molecule has 2 aromatic rings. The first kappa shape index (κ1) is 14.8. The van der Waals surface area contributed by atoms with Gasteiger partial charge < -0.3 is 20.1 Å². The molecule has 0 radical (unpaired) electrons. The van der Waals surface area contributed by atoms with Crippen LogP contribution in [0.4, 0.5) is 11.6 Å². The first-order chi connectivity index (χ1) is 10.3. The van der Waals surface area contributed by atoms with Crippen LogP contribution >= 0.6 is 0 Å². The molecule has 2 N–H and O–H groups in total. The molecule has 0 atom stereocenters. The van der Waals surface area contributed by atoms with Crippen LogP contribution in [0.5, 0.6) is 11.6 Å². The number of methoxy groups -OCH3 is 2. The number of aromatic nitrogens is 3. The number of ether oxygens (including phenoxy) is 2. The second-order valence-electron chi connectivity index (χ2n) is 4.19. The normalized spacial score (nSPS) is 10.0. The summed E-state index contributed by atoms with van der Waals surface area (Å²) in [6, 6.07) is 3.78. The lowest BCUT2D eigenvalue weighted by Crippen LogP contribution is -2.08. The summed E-state index contributed by atoms with van der Waals surface area (Å²) >= 11 is 0. The van der Waals surface area contributed by atoms with Crippen LogP contribution in [0.1, 0.15) is 12.5 Å². The number of hydrogen-bond donors (Lipinski definition) is 2. The molecule has 0 aliphatic heterocycles. The third-order valence-corrected chi connectivity index (χ3v) is 2.82. The van der Waals surface area contributed by atoms with Gasteiger partial charge in [0.15, 0.2) is 11.6 Å². The summed E-state index contributed by atoms with van der Waals surface area (Å²) in [4.78, 5) is 12.5. The van der Waals surface area contributed by atoms with Crippen molar-refractivity contribution in [2.24, 2.45) is 0 Å². The highest BCUT2D eigenvalue weighted by molar-refractivity contribution is 5.63. The maximum Gasteiger partial charge on any atom is 0.213 e. The van der Waals surface area contributed by atoms with Crippen molar-refractivity contribution in [2.75, 3.05) is 31.4 Å². The SMILES string of the molecule is CCNc1ncnc(NCc2ccnc(OC)c2)c1OC. The van der Waals surface area contributed by atoms with E-state index in [0.29, 0.717) is 29.8 Å². The average molecular weight is 289 g/mol. The van der Waals surface area contributed by atoms with Crippen LogP contribution < -0.4 is 20.1 Å². The van der Waals surface area contributed by atoms with E-state index in [1.165, 1.54) is 6.33 Å². The third kappa shape index (κ3) is 3.71. The van der Waals surface area contributed by atoms with Gasteiger partial charge in [-0.3, -0.25) is 0 Å². The molecule has 0 amide bonds. The van der Waals surface area contributed by atoms with E-state index in [0.717, 1.165) is 12.1 Å². The van der Waals surface area contributed by atoms with E-state index in [-0.39, 0.29) is 0 Å². The van der Waals surface area contributed by atoms with Crippen LogP contribution in [0, 0.1) is 0 Å². The molecule has 7 nitrogen and oxygen atoms in total. The summed E-state index contributed by atoms with van der Waals surface area (Å²) in [5.74, 6) is 2.49. The summed E-state index contributed by atoms with van der Waals surface area (Å²) < 4.78 is 10.5. The van der Waals surface area contributed by atoms with E-state index in [2.05, 4.69) is 25.6 Å². The number of nitrogens with one attached hydrogen (secondary N) is 2. The monoisotopic (exact) mass is 289 g/mol. The molecule has 0 aromatic carbocycles. The zero-order valence-electron chi connectivity index (χ0n) is 12.4. The molecule has 0 bridgehead atoms. The Bertz CT molecular complexity index is 591. The Morgan fingerprint density at radius 1 is 1.05 bits per heavy atom. The van der Waals surface area contributed by atoms with Gasteiger partial charge in [-0.2, -0.15) is 0 Å². The summed E-state index contributed by atoms with van der Waals surface area (Å²) in [6.45, 7) is 3.34. The van der Waals surface area contributed by atoms with Crippen LogP contribution in [-0.4, -0.2) is 35.7 Å². The third-order valence-electron chi connectivity index (χ3n) is 2.82. The van der Waals surface area contributed by atoms with E-state index < -0.39 is 0 Å². The molecule has 0 saturated heterocycles. The molecular weight excluding hydrogens is 270 g/mol. The Balaban J connectivity index is 2.13. The van der Waals surface area contributed by atoms with Gasteiger partial charge in [-0.05, 0) is 18.6 Å². The molecule has 112 valence electrons. The van der Waals surface area contributed by atoms with Crippen LogP contribution in [0.2, 0.25) is 0 Å². The molecule has 2 heterocycles. The maximum atomic E-state index is 5.38. The Morgan fingerprint density at radius 2 is 1.81 bits per heavy atom. The van der Waals surface area contributed by atoms with E-state index in [1.807, 2.05) is 19.1 Å². The first-order valence-corrected chi connectivity index (χ1v) is 6.64. The highest BCUT2D eigenvalue weighted by atomic mass is 16.5. The van der Waals surface area contributed by atoms with Gasteiger partial charge in [0, 0.05) is 25.4 Å². The highest BCUT2D eigenvalue weighted by Crippen LogP contribution is 2.29. The zero-order valence-corrected chi connectivity index (χ0v) is 12.4. The molecule has 7 heteroatoms. The van der Waals surface area contributed by atoms with Crippen molar-refractivity contribution in [3.63, 3.8) is 0 Å². The largest absolute Gasteiger partial charge is 0.490 e. The molecule has 0 unspecified atom stereocenters. The van der Waals surface area contributed by atoms with E-state index in [1.54, 1.807) is 20.4 Å². The summed E-state index contributed by atoms with van der Waals surface area (Å²) in [5.41, 5.74) is 1.03. The second kappa shape index (κ2) is 7.28. The molecule has 0 aliphatic rings. The molecule has 0 aliphatic carbocycles. The topological polar surface area (TPSA) is 81.2 Å². The Labute approximate surface area is 123 Å². The minimum Gasteiger partial charge on any atom is -0.490 e. The van der Waals surface area contributed by atoms with Gasteiger partial charge in [-0.1, -0.05) is 0 Å². The maximum absolute atomic E-state index is 5.38. The fourth-order valence-electron chi connectivity index (χ4n) is 1.84. The van der Waals surface area contributed by atoms with Crippen molar-refractivity contribution >= 4 is 11.6 Å². The predicted octanol–water partition coefficient (Wildman–Crippen LogP) is 1.93. The minimum atomic E-state index is 0.581. The van der Waals surface area contributed by atoms with Gasteiger partial charge in [0.2, 0.25) is 11.6 Å². The van der Waals surface area contributed by atoms with Crippen molar-refractivity contribution in [1.29, 1.82) is 0 Å². The van der Waals surface area contributed by atoms with Gasteiger partial charge in [0.05, 0.1) is 14.2 Å². The standard InChI is InChI=1S/C14H19N5O2/c1-4-15-13-12(21-3)14(19-9-18-13)17-8-10-5-6-16-11(7-10)20-2/h5-7,9H,4,8H2,1-3H3,(H2,15,17,18,19). The number of anilines is 2. The average Bonchev–Trinajstić information content (AvgIpc) is 2.53. The van der Waals surface area contributed by atoms with Gasteiger partial charge in [0.1, 0.15) is 6.33 Å². The summed E-state index contributed by atoms with van der Waals surface area (Å²) in [7, 11) is 3.19.